The maximum atomic E-state index is 7.82. The largest absolute Gasteiger partial charge is 0.494 e. The van der Waals surface area contributed by atoms with E-state index < -0.39 is 0 Å². The number of methoxy groups -OCH3 is 1. The summed E-state index contributed by atoms with van der Waals surface area (Å²) in [4.78, 5) is 0. The second-order valence-corrected chi connectivity index (χ2v) is 4.89. The average molecular weight is 312 g/mol. The van der Waals surface area contributed by atoms with Crippen LogP contribution in [0.5, 0.6) is 5.75 Å². The SMILES string of the molecule is C/C=C\C(=C/C)c1cccc(N/C(=C/C(=N)N)C(C)=N)c1OC. The van der Waals surface area contributed by atoms with Crippen LogP contribution in [0.15, 0.2) is 48.2 Å². The predicted octanol–water partition coefficient (Wildman–Crippen LogP) is 3.95. The molecule has 5 heteroatoms. The first-order valence-electron chi connectivity index (χ1n) is 7.29. The maximum Gasteiger partial charge on any atom is 0.150 e. The number of rotatable bonds is 7. The Morgan fingerprint density at radius 3 is 2.43 bits per heavy atom. The zero-order valence-corrected chi connectivity index (χ0v) is 14.0. The Hall–Kier alpha value is -2.82. The van der Waals surface area contributed by atoms with Gasteiger partial charge in [-0.2, -0.15) is 0 Å². The number of amidine groups is 1. The molecule has 1 rings (SSSR count). The van der Waals surface area contributed by atoms with Crippen molar-refractivity contribution in [1.29, 1.82) is 10.8 Å². The fourth-order valence-corrected chi connectivity index (χ4v) is 2.14. The van der Waals surface area contributed by atoms with E-state index in [0.717, 1.165) is 11.1 Å². The number of para-hydroxylation sites is 1. The zero-order valence-electron chi connectivity index (χ0n) is 14.0. The smallest absolute Gasteiger partial charge is 0.150 e. The summed E-state index contributed by atoms with van der Waals surface area (Å²) in [5.74, 6) is 0.562. The third-order valence-electron chi connectivity index (χ3n) is 3.16. The average Bonchev–Trinajstić information content (AvgIpc) is 2.51. The summed E-state index contributed by atoms with van der Waals surface area (Å²) in [6, 6.07) is 5.75. The molecule has 0 aliphatic rings. The van der Waals surface area contributed by atoms with Gasteiger partial charge in [0.15, 0.2) is 0 Å². The molecule has 0 aliphatic heterocycles. The Kier molecular flexibility index (Phi) is 6.80. The summed E-state index contributed by atoms with van der Waals surface area (Å²) in [6.07, 6.45) is 7.40. The molecule has 0 bridgehead atoms. The molecular weight excluding hydrogens is 288 g/mol. The van der Waals surface area contributed by atoms with Crippen molar-refractivity contribution in [2.75, 3.05) is 12.4 Å². The molecule has 5 nitrogen and oxygen atoms in total. The molecule has 0 saturated carbocycles. The van der Waals surface area contributed by atoms with E-state index in [4.69, 9.17) is 21.3 Å². The van der Waals surface area contributed by atoms with Crippen molar-refractivity contribution in [2.45, 2.75) is 20.8 Å². The summed E-state index contributed by atoms with van der Waals surface area (Å²) in [5, 5.41) is 18.3. The number of benzene rings is 1. The lowest BCUT2D eigenvalue weighted by molar-refractivity contribution is 0.415. The summed E-state index contributed by atoms with van der Waals surface area (Å²) >= 11 is 0. The number of hydrogen-bond donors (Lipinski definition) is 4. The van der Waals surface area contributed by atoms with Crippen LogP contribution in [-0.4, -0.2) is 18.7 Å². The van der Waals surface area contributed by atoms with Crippen LogP contribution >= 0.6 is 0 Å². The second-order valence-electron chi connectivity index (χ2n) is 4.89. The highest BCUT2D eigenvalue weighted by atomic mass is 16.5. The molecule has 0 fully saturated rings. The van der Waals surface area contributed by atoms with E-state index in [-0.39, 0.29) is 11.5 Å². The third kappa shape index (κ3) is 4.85. The highest BCUT2D eigenvalue weighted by molar-refractivity contribution is 6.05. The minimum Gasteiger partial charge on any atom is -0.494 e. The van der Waals surface area contributed by atoms with E-state index >= 15 is 0 Å². The highest BCUT2D eigenvalue weighted by Crippen LogP contribution is 2.34. The van der Waals surface area contributed by atoms with Gasteiger partial charge in [-0.3, -0.25) is 5.41 Å². The fraction of sp³-hybridized carbons (Fsp3) is 0.222. The first-order chi connectivity index (χ1) is 10.9. The number of hydrogen-bond acceptors (Lipinski definition) is 4. The first-order valence-corrected chi connectivity index (χ1v) is 7.29. The molecule has 0 heterocycles. The Bertz CT molecular complexity index is 684. The Morgan fingerprint density at radius 1 is 1.26 bits per heavy atom. The van der Waals surface area contributed by atoms with Gasteiger partial charge in [-0.1, -0.05) is 30.4 Å². The van der Waals surface area contributed by atoms with E-state index in [1.54, 1.807) is 14.0 Å². The topological polar surface area (TPSA) is 95.0 Å². The minimum atomic E-state index is -0.114. The molecule has 0 aliphatic carbocycles. The Morgan fingerprint density at radius 2 is 1.96 bits per heavy atom. The van der Waals surface area contributed by atoms with Crippen molar-refractivity contribution in [3.63, 3.8) is 0 Å². The summed E-state index contributed by atoms with van der Waals surface area (Å²) in [6.45, 7) is 5.57. The minimum absolute atomic E-state index is 0.114. The van der Waals surface area contributed by atoms with Gasteiger partial charge in [-0.25, -0.2) is 0 Å². The van der Waals surface area contributed by atoms with E-state index in [1.165, 1.54) is 6.08 Å². The van der Waals surface area contributed by atoms with Gasteiger partial charge in [0.1, 0.15) is 11.6 Å². The lowest BCUT2D eigenvalue weighted by Gasteiger charge is -2.17. The van der Waals surface area contributed by atoms with Crippen LogP contribution in [0.2, 0.25) is 0 Å². The van der Waals surface area contributed by atoms with Crippen molar-refractivity contribution in [2.24, 2.45) is 5.73 Å². The summed E-state index contributed by atoms with van der Waals surface area (Å²) < 4.78 is 5.57. The van der Waals surface area contributed by atoms with Crippen molar-refractivity contribution in [3.8, 4) is 5.75 Å². The molecule has 23 heavy (non-hydrogen) atoms. The van der Waals surface area contributed by atoms with Gasteiger partial charge in [0.05, 0.1) is 24.2 Å². The number of anilines is 1. The van der Waals surface area contributed by atoms with Crippen molar-refractivity contribution in [3.05, 3.63) is 53.8 Å². The summed E-state index contributed by atoms with van der Waals surface area (Å²) in [5.41, 5.74) is 8.86. The number of allylic oxidation sites excluding steroid dienone is 5. The van der Waals surface area contributed by atoms with Crippen LogP contribution in [0, 0.1) is 10.8 Å². The van der Waals surface area contributed by atoms with E-state index in [0.29, 0.717) is 17.1 Å². The molecule has 0 radical (unpaired) electrons. The maximum absolute atomic E-state index is 7.82. The van der Waals surface area contributed by atoms with Gasteiger partial charge in [0.25, 0.3) is 0 Å². The van der Waals surface area contributed by atoms with Gasteiger partial charge < -0.3 is 21.2 Å². The van der Waals surface area contributed by atoms with E-state index in [2.05, 4.69) is 5.32 Å². The van der Waals surface area contributed by atoms with Gasteiger partial charge in [-0.05, 0) is 32.4 Å². The molecule has 5 N–H and O–H groups in total. The van der Waals surface area contributed by atoms with E-state index in [9.17, 15) is 0 Å². The van der Waals surface area contributed by atoms with Crippen LogP contribution in [0.25, 0.3) is 5.57 Å². The molecule has 0 spiro atoms. The van der Waals surface area contributed by atoms with Crippen LogP contribution in [0.3, 0.4) is 0 Å². The van der Waals surface area contributed by atoms with Crippen LogP contribution in [0.4, 0.5) is 5.69 Å². The van der Waals surface area contributed by atoms with E-state index in [1.807, 2.05) is 50.3 Å². The number of nitrogens with two attached hydrogens (primary N) is 1. The molecule has 122 valence electrons. The monoisotopic (exact) mass is 312 g/mol. The normalized spacial score (nSPS) is 12.3. The van der Waals surface area contributed by atoms with Crippen molar-refractivity contribution < 1.29 is 4.74 Å². The highest BCUT2D eigenvalue weighted by Gasteiger charge is 2.13. The predicted molar refractivity (Wildman–Crippen MR) is 98.5 cm³/mol. The Labute approximate surface area is 137 Å². The van der Waals surface area contributed by atoms with Crippen molar-refractivity contribution >= 4 is 22.8 Å². The van der Waals surface area contributed by atoms with Crippen LogP contribution < -0.4 is 15.8 Å². The molecule has 1 aromatic rings. The molecular formula is C18H24N4O. The number of ether oxygens (including phenoxy) is 1. The fourth-order valence-electron chi connectivity index (χ4n) is 2.14. The first kappa shape index (κ1) is 18.2. The number of nitrogens with one attached hydrogen (secondary N) is 3. The standard InChI is InChI=1S/C18H24N4O/c1-5-8-13(6-2)14-9-7-10-15(18(14)23-4)22-16(12(3)19)11-17(20)21/h5-11,19,22H,1-4H3,(H3,20,21)/b8-5-,13-6+,16-11+,19-12?. The second kappa shape index (κ2) is 8.58. The molecule has 0 amide bonds. The molecule has 0 unspecified atom stereocenters. The van der Waals surface area contributed by atoms with Gasteiger partial charge in [-0.15, -0.1) is 0 Å². The lowest BCUT2D eigenvalue weighted by Crippen LogP contribution is -2.14. The van der Waals surface area contributed by atoms with Gasteiger partial charge >= 0.3 is 0 Å². The summed E-state index contributed by atoms with van der Waals surface area (Å²) in [7, 11) is 1.61. The third-order valence-corrected chi connectivity index (χ3v) is 3.16. The zero-order chi connectivity index (χ0) is 17.4. The molecule has 0 saturated heterocycles. The van der Waals surface area contributed by atoms with Gasteiger partial charge in [0.2, 0.25) is 0 Å². The molecule has 0 atom stereocenters. The molecule has 0 aromatic heterocycles. The van der Waals surface area contributed by atoms with Crippen LogP contribution in [0.1, 0.15) is 26.3 Å². The Balaban J connectivity index is 3.38. The van der Waals surface area contributed by atoms with Crippen molar-refractivity contribution in [1.82, 2.24) is 0 Å². The van der Waals surface area contributed by atoms with Gasteiger partial charge in [0, 0.05) is 11.6 Å². The van der Waals surface area contributed by atoms with Crippen LogP contribution in [-0.2, 0) is 0 Å². The molecule has 1 aromatic carbocycles. The lowest BCUT2D eigenvalue weighted by atomic mass is 10.0. The quantitative estimate of drug-likeness (QED) is 0.349.